The lowest BCUT2D eigenvalue weighted by Gasteiger charge is -2.18. The number of amides is 1. The molecule has 1 heterocycles. The van der Waals surface area contributed by atoms with Crippen molar-refractivity contribution in [1.29, 1.82) is 0 Å². The van der Waals surface area contributed by atoms with Crippen LogP contribution in [0.5, 0.6) is 0 Å². The average molecular weight is 391 g/mol. The molecule has 0 radical (unpaired) electrons. The highest BCUT2D eigenvalue weighted by molar-refractivity contribution is 5.91. The van der Waals surface area contributed by atoms with Crippen molar-refractivity contribution in [1.82, 2.24) is 15.5 Å². The van der Waals surface area contributed by atoms with E-state index in [1.807, 2.05) is 60.7 Å². The third-order valence-corrected chi connectivity index (χ3v) is 4.81. The second-order valence-corrected chi connectivity index (χ2v) is 6.84. The molecule has 0 saturated carbocycles. The molecule has 0 saturated heterocycles. The third kappa shape index (κ3) is 5.31. The van der Waals surface area contributed by atoms with Crippen LogP contribution in [-0.4, -0.2) is 34.7 Å². The van der Waals surface area contributed by atoms with Crippen LogP contribution < -0.4 is 5.32 Å². The van der Waals surface area contributed by atoms with Crippen molar-refractivity contribution in [3.05, 3.63) is 78.0 Å². The lowest BCUT2D eigenvalue weighted by Crippen LogP contribution is -2.38. The molecule has 2 aromatic carbocycles. The molecule has 3 rings (SSSR count). The summed E-state index contributed by atoms with van der Waals surface area (Å²) in [5.74, 6) is -0.725. The van der Waals surface area contributed by atoms with E-state index < -0.39 is 12.1 Å². The molecular formula is C23H25N3O3. The first-order chi connectivity index (χ1) is 14.1. The molecule has 2 atom stereocenters. The first kappa shape index (κ1) is 20.3. The Labute approximate surface area is 170 Å². The van der Waals surface area contributed by atoms with Crippen molar-refractivity contribution < 1.29 is 14.3 Å². The molecule has 150 valence electrons. The van der Waals surface area contributed by atoms with Gasteiger partial charge in [0, 0.05) is 18.0 Å². The summed E-state index contributed by atoms with van der Waals surface area (Å²) in [6, 6.07) is 21.2. The summed E-state index contributed by atoms with van der Waals surface area (Å²) in [5.41, 5.74) is 2.91. The van der Waals surface area contributed by atoms with Gasteiger partial charge in [0.25, 0.3) is 5.91 Å². The van der Waals surface area contributed by atoms with Crippen LogP contribution in [0.4, 0.5) is 0 Å². The predicted molar refractivity (Wildman–Crippen MR) is 111 cm³/mol. The minimum atomic E-state index is -0.903. The molecule has 3 aromatic rings. The number of nitrogens with one attached hydrogen (secondary N) is 2. The van der Waals surface area contributed by atoms with Crippen LogP contribution in [0, 0.1) is 0 Å². The number of H-pyrrole nitrogens is 1. The van der Waals surface area contributed by atoms with Crippen molar-refractivity contribution in [2.45, 2.75) is 32.3 Å². The maximum absolute atomic E-state index is 12.4. The number of aromatic amines is 1. The summed E-state index contributed by atoms with van der Waals surface area (Å²) < 4.78 is 5.30. The number of hydrogen-bond acceptors (Lipinski definition) is 4. The summed E-state index contributed by atoms with van der Waals surface area (Å²) in [6.45, 7) is 4.13. The van der Waals surface area contributed by atoms with E-state index in [1.54, 1.807) is 13.0 Å². The first-order valence-electron chi connectivity index (χ1n) is 9.73. The Morgan fingerprint density at radius 2 is 1.72 bits per heavy atom. The van der Waals surface area contributed by atoms with E-state index in [9.17, 15) is 9.59 Å². The Bertz CT molecular complexity index is 938. The van der Waals surface area contributed by atoms with Gasteiger partial charge in [0.05, 0.1) is 5.69 Å². The van der Waals surface area contributed by atoms with Gasteiger partial charge >= 0.3 is 5.97 Å². The van der Waals surface area contributed by atoms with Crippen LogP contribution in [0.3, 0.4) is 0 Å². The number of rotatable bonds is 8. The van der Waals surface area contributed by atoms with E-state index in [2.05, 4.69) is 22.4 Å². The predicted octanol–water partition coefficient (Wildman–Crippen LogP) is 3.93. The van der Waals surface area contributed by atoms with Crippen molar-refractivity contribution in [3.8, 4) is 11.3 Å². The standard InChI is InChI=1S/C23H25N3O3/c1-3-17(18-10-6-4-7-11-18)15-24-22(27)16(2)29-23(28)21-14-20(25-26-21)19-12-8-5-9-13-19/h4-14,16-17H,3,15H2,1-2H3,(H,24,27)(H,25,26)/t16-,17+/m0/s1. The number of aromatic nitrogens is 2. The molecule has 0 aliphatic heterocycles. The smallest absolute Gasteiger partial charge is 0.357 e. The molecule has 29 heavy (non-hydrogen) atoms. The van der Waals surface area contributed by atoms with Crippen molar-refractivity contribution in [2.75, 3.05) is 6.54 Å². The largest absolute Gasteiger partial charge is 0.448 e. The fourth-order valence-corrected chi connectivity index (χ4v) is 3.05. The Hall–Kier alpha value is -3.41. The normalized spacial score (nSPS) is 12.8. The number of nitrogens with zero attached hydrogens (tertiary/aromatic N) is 1. The fourth-order valence-electron chi connectivity index (χ4n) is 3.05. The monoisotopic (exact) mass is 391 g/mol. The number of esters is 1. The molecular weight excluding hydrogens is 366 g/mol. The zero-order valence-electron chi connectivity index (χ0n) is 16.6. The second-order valence-electron chi connectivity index (χ2n) is 6.84. The van der Waals surface area contributed by atoms with Gasteiger partial charge in [0.1, 0.15) is 5.69 Å². The van der Waals surface area contributed by atoms with Crippen LogP contribution in [0.15, 0.2) is 66.7 Å². The lowest BCUT2D eigenvalue weighted by molar-refractivity contribution is -0.129. The molecule has 0 aliphatic carbocycles. The van der Waals surface area contributed by atoms with Crippen LogP contribution in [0.25, 0.3) is 11.3 Å². The van der Waals surface area contributed by atoms with Crippen molar-refractivity contribution in [3.63, 3.8) is 0 Å². The Kier molecular flexibility index (Phi) is 6.79. The molecule has 6 nitrogen and oxygen atoms in total. The number of carbonyl (C=O) groups is 2. The van der Waals surface area contributed by atoms with Gasteiger partial charge in [-0.3, -0.25) is 9.89 Å². The minimum absolute atomic E-state index is 0.208. The van der Waals surface area contributed by atoms with E-state index >= 15 is 0 Å². The zero-order chi connectivity index (χ0) is 20.6. The van der Waals surface area contributed by atoms with Gasteiger partial charge in [0.2, 0.25) is 0 Å². The van der Waals surface area contributed by atoms with Crippen molar-refractivity contribution >= 4 is 11.9 Å². The van der Waals surface area contributed by atoms with Crippen molar-refractivity contribution in [2.24, 2.45) is 0 Å². The molecule has 2 N–H and O–H groups in total. The Morgan fingerprint density at radius 1 is 1.07 bits per heavy atom. The van der Waals surface area contributed by atoms with Crippen LogP contribution in [0.2, 0.25) is 0 Å². The Balaban J connectivity index is 1.54. The summed E-state index contributed by atoms with van der Waals surface area (Å²) in [5, 5.41) is 9.69. The van der Waals surface area contributed by atoms with E-state index in [4.69, 9.17) is 4.74 Å². The Morgan fingerprint density at radius 3 is 2.38 bits per heavy atom. The fraction of sp³-hybridized carbons (Fsp3) is 0.261. The molecule has 0 spiro atoms. The van der Waals surface area contributed by atoms with Crippen LogP contribution in [-0.2, 0) is 9.53 Å². The maximum atomic E-state index is 12.4. The van der Waals surface area contributed by atoms with Gasteiger partial charge in [-0.25, -0.2) is 4.79 Å². The summed E-state index contributed by atoms with van der Waals surface area (Å²) in [7, 11) is 0. The van der Waals surface area contributed by atoms with E-state index in [0.29, 0.717) is 12.2 Å². The highest BCUT2D eigenvalue weighted by atomic mass is 16.5. The molecule has 1 aromatic heterocycles. The first-order valence-corrected chi connectivity index (χ1v) is 9.73. The summed E-state index contributed by atoms with van der Waals surface area (Å²) >= 11 is 0. The van der Waals surface area contributed by atoms with Gasteiger partial charge in [-0.05, 0) is 25.0 Å². The molecule has 0 bridgehead atoms. The molecule has 0 unspecified atom stereocenters. The third-order valence-electron chi connectivity index (χ3n) is 4.81. The minimum Gasteiger partial charge on any atom is -0.448 e. The van der Waals surface area contributed by atoms with E-state index in [-0.39, 0.29) is 17.5 Å². The van der Waals surface area contributed by atoms with E-state index in [0.717, 1.165) is 12.0 Å². The lowest BCUT2D eigenvalue weighted by atomic mass is 9.96. The van der Waals surface area contributed by atoms with Crippen LogP contribution >= 0.6 is 0 Å². The van der Waals surface area contributed by atoms with Gasteiger partial charge < -0.3 is 10.1 Å². The zero-order valence-corrected chi connectivity index (χ0v) is 16.6. The quantitative estimate of drug-likeness (QED) is 0.570. The highest BCUT2D eigenvalue weighted by Crippen LogP contribution is 2.19. The summed E-state index contributed by atoms with van der Waals surface area (Å²) in [4.78, 5) is 24.7. The average Bonchev–Trinajstić information content (AvgIpc) is 3.26. The van der Waals surface area contributed by atoms with E-state index in [1.165, 1.54) is 5.56 Å². The van der Waals surface area contributed by atoms with Gasteiger partial charge in [-0.15, -0.1) is 0 Å². The second kappa shape index (κ2) is 9.68. The summed E-state index contributed by atoms with van der Waals surface area (Å²) in [6.07, 6.45) is -0.00578. The number of ether oxygens (including phenoxy) is 1. The van der Waals surface area contributed by atoms with Crippen LogP contribution in [0.1, 0.15) is 42.2 Å². The topological polar surface area (TPSA) is 84.1 Å². The molecule has 6 heteroatoms. The highest BCUT2D eigenvalue weighted by Gasteiger charge is 2.21. The van der Waals surface area contributed by atoms with Gasteiger partial charge in [-0.2, -0.15) is 5.10 Å². The number of carbonyl (C=O) groups excluding carboxylic acids is 2. The SMILES string of the molecule is CC[C@H](CNC(=O)[C@H](C)OC(=O)c1cc(-c2ccccc2)n[nH]1)c1ccccc1. The molecule has 0 fully saturated rings. The number of hydrogen-bond donors (Lipinski definition) is 2. The van der Waals surface area contributed by atoms with Gasteiger partial charge in [0.15, 0.2) is 6.10 Å². The maximum Gasteiger partial charge on any atom is 0.357 e. The molecule has 1 amide bonds. The molecule has 0 aliphatic rings. The number of benzene rings is 2. The van der Waals surface area contributed by atoms with Gasteiger partial charge in [-0.1, -0.05) is 67.6 Å².